The highest BCUT2D eigenvalue weighted by Crippen LogP contribution is 2.17. The smallest absolute Gasteiger partial charge is 0.326 e. The molecule has 0 bridgehead atoms. The van der Waals surface area contributed by atoms with Crippen LogP contribution in [0.2, 0.25) is 0 Å². The van der Waals surface area contributed by atoms with Crippen LogP contribution in [-0.4, -0.2) is 53.1 Å². The molecule has 0 aromatic carbocycles. The van der Waals surface area contributed by atoms with Crippen LogP contribution >= 0.6 is 0 Å². The Morgan fingerprint density at radius 3 is 2.82 bits per heavy atom. The summed E-state index contributed by atoms with van der Waals surface area (Å²) in [6, 6.07) is -1.36. The van der Waals surface area contributed by atoms with Crippen LogP contribution < -0.4 is 10.6 Å². The normalized spacial score (nSPS) is 28.0. The van der Waals surface area contributed by atoms with Gasteiger partial charge >= 0.3 is 12.0 Å². The number of rotatable bonds is 2. The highest BCUT2D eigenvalue weighted by Gasteiger charge is 2.35. The Kier molecular flexibility index (Phi) is 3.16. The van der Waals surface area contributed by atoms with Crippen LogP contribution in [-0.2, 0) is 9.59 Å². The second-order valence-electron chi connectivity index (χ2n) is 4.34. The molecule has 0 saturated carbocycles. The highest BCUT2D eigenvalue weighted by atomic mass is 16.4. The molecule has 2 heterocycles. The molecule has 94 valence electrons. The summed E-state index contributed by atoms with van der Waals surface area (Å²) in [6.07, 6.45) is 1.45. The van der Waals surface area contributed by atoms with Crippen LogP contribution in [0.3, 0.4) is 0 Å². The molecule has 1 unspecified atom stereocenters. The third kappa shape index (κ3) is 2.48. The van der Waals surface area contributed by atoms with Gasteiger partial charge in [0.15, 0.2) is 0 Å². The number of amides is 3. The number of nitrogens with zero attached hydrogens (tertiary/aromatic N) is 1. The lowest BCUT2D eigenvalue weighted by atomic mass is 10.2. The van der Waals surface area contributed by atoms with E-state index in [1.54, 1.807) is 0 Å². The van der Waals surface area contributed by atoms with Gasteiger partial charge in [0.1, 0.15) is 6.04 Å². The Labute approximate surface area is 98.2 Å². The van der Waals surface area contributed by atoms with E-state index in [0.717, 1.165) is 0 Å². The van der Waals surface area contributed by atoms with Crippen molar-refractivity contribution in [3.63, 3.8) is 0 Å². The van der Waals surface area contributed by atoms with Crippen molar-refractivity contribution in [2.75, 3.05) is 13.1 Å². The number of carboxylic acids is 1. The van der Waals surface area contributed by atoms with Gasteiger partial charge in [-0.1, -0.05) is 0 Å². The zero-order valence-electron chi connectivity index (χ0n) is 9.31. The molecule has 2 rings (SSSR count). The second-order valence-corrected chi connectivity index (χ2v) is 4.34. The maximum absolute atomic E-state index is 11.8. The van der Waals surface area contributed by atoms with Crippen LogP contribution in [0.25, 0.3) is 0 Å². The first kappa shape index (κ1) is 11.7. The van der Waals surface area contributed by atoms with E-state index in [9.17, 15) is 14.4 Å². The van der Waals surface area contributed by atoms with E-state index >= 15 is 0 Å². The Morgan fingerprint density at radius 1 is 1.47 bits per heavy atom. The van der Waals surface area contributed by atoms with Crippen molar-refractivity contribution in [2.24, 2.45) is 0 Å². The van der Waals surface area contributed by atoms with Gasteiger partial charge in [0.25, 0.3) is 0 Å². The van der Waals surface area contributed by atoms with E-state index in [4.69, 9.17) is 5.11 Å². The van der Waals surface area contributed by atoms with Crippen LogP contribution in [0.15, 0.2) is 0 Å². The van der Waals surface area contributed by atoms with Crippen molar-refractivity contribution >= 4 is 17.9 Å². The molecule has 7 nitrogen and oxygen atoms in total. The molecular formula is C10H15N3O4. The summed E-state index contributed by atoms with van der Waals surface area (Å²) in [5.41, 5.74) is 0. The minimum Gasteiger partial charge on any atom is -0.480 e. The molecule has 3 N–H and O–H groups in total. The molecule has 7 heteroatoms. The first-order valence-corrected chi connectivity index (χ1v) is 5.64. The number of hydrogen-bond acceptors (Lipinski definition) is 3. The maximum Gasteiger partial charge on any atom is 0.326 e. The third-order valence-corrected chi connectivity index (χ3v) is 3.10. The monoisotopic (exact) mass is 241 g/mol. The molecule has 2 aliphatic heterocycles. The molecule has 0 radical (unpaired) electrons. The molecule has 2 saturated heterocycles. The van der Waals surface area contributed by atoms with Crippen molar-refractivity contribution in [1.82, 2.24) is 15.5 Å². The van der Waals surface area contributed by atoms with Crippen molar-refractivity contribution in [3.8, 4) is 0 Å². The van der Waals surface area contributed by atoms with Gasteiger partial charge in [-0.3, -0.25) is 4.79 Å². The number of carboxylic acid groups (broad SMARTS) is 1. The third-order valence-electron chi connectivity index (χ3n) is 3.10. The predicted molar refractivity (Wildman–Crippen MR) is 57.3 cm³/mol. The molecule has 0 aliphatic carbocycles. The van der Waals surface area contributed by atoms with Gasteiger partial charge in [0, 0.05) is 19.5 Å². The number of likely N-dealkylation sites (tertiary alicyclic amines) is 1. The van der Waals surface area contributed by atoms with Gasteiger partial charge in [-0.05, 0) is 12.8 Å². The van der Waals surface area contributed by atoms with E-state index in [1.165, 1.54) is 4.90 Å². The largest absolute Gasteiger partial charge is 0.480 e. The van der Waals surface area contributed by atoms with Gasteiger partial charge in [0.05, 0.1) is 6.04 Å². The topological polar surface area (TPSA) is 98.7 Å². The molecular weight excluding hydrogens is 226 g/mol. The molecule has 3 amide bonds. The van der Waals surface area contributed by atoms with Crippen molar-refractivity contribution in [3.05, 3.63) is 0 Å². The van der Waals surface area contributed by atoms with Crippen molar-refractivity contribution in [2.45, 2.75) is 31.3 Å². The highest BCUT2D eigenvalue weighted by molar-refractivity contribution is 5.85. The van der Waals surface area contributed by atoms with Gasteiger partial charge in [-0.15, -0.1) is 0 Å². The van der Waals surface area contributed by atoms with E-state index in [1.807, 2.05) is 0 Å². The first-order valence-electron chi connectivity index (χ1n) is 5.64. The maximum atomic E-state index is 11.8. The Morgan fingerprint density at radius 2 is 2.24 bits per heavy atom. The molecule has 0 spiro atoms. The quantitative estimate of drug-likeness (QED) is 0.585. The van der Waals surface area contributed by atoms with Crippen LogP contribution in [0, 0.1) is 0 Å². The minimum atomic E-state index is -0.974. The summed E-state index contributed by atoms with van der Waals surface area (Å²) < 4.78 is 0. The van der Waals surface area contributed by atoms with E-state index in [-0.39, 0.29) is 18.4 Å². The van der Waals surface area contributed by atoms with Crippen LogP contribution in [0.1, 0.15) is 19.3 Å². The molecule has 17 heavy (non-hydrogen) atoms. The van der Waals surface area contributed by atoms with Crippen molar-refractivity contribution in [1.29, 1.82) is 0 Å². The number of carbonyl (C=O) groups excluding carboxylic acids is 2. The SMILES string of the molecule is O=C1CC(NC(=O)N2CCC[C@H]2C(=O)O)CN1. The summed E-state index contributed by atoms with van der Waals surface area (Å²) >= 11 is 0. The average Bonchev–Trinajstić information content (AvgIpc) is 2.86. The van der Waals surface area contributed by atoms with Gasteiger partial charge in [-0.25, -0.2) is 9.59 Å². The summed E-state index contributed by atoms with van der Waals surface area (Å²) in [4.78, 5) is 35.0. The summed E-state index contributed by atoms with van der Waals surface area (Å²) in [5, 5.41) is 14.2. The minimum absolute atomic E-state index is 0.0912. The van der Waals surface area contributed by atoms with Crippen molar-refractivity contribution < 1.29 is 19.5 Å². The van der Waals surface area contributed by atoms with E-state index < -0.39 is 18.0 Å². The van der Waals surface area contributed by atoms with E-state index in [0.29, 0.717) is 25.9 Å². The lowest BCUT2D eigenvalue weighted by molar-refractivity contribution is -0.141. The predicted octanol–water partition coefficient (Wildman–Crippen LogP) is -0.866. The van der Waals surface area contributed by atoms with Gasteiger partial charge in [0.2, 0.25) is 5.91 Å². The van der Waals surface area contributed by atoms with Gasteiger partial charge < -0.3 is 20.6 Å². The zero-order valence-corrected chi connectivity index (χ0v) is 9.31. The lowest BCUT2D eigenvalue weighted by Crippen LogP contribution is -2.49. The fraction of sp³-hybridized carbons (Fsp3) is 0.700. The fourth-order valence-electron chi connectivity index (χ4n) is 2.23. The van der Waals surface area contributed by atoms with Gasteiger partial charge in [-0.2, -0.15) is 0 Å². The standard InChI is InChI=1S/C10H15N3O4/c14-8-4-6(5-11-8)12-10(17)13-3-1-2-7(13)9(15)16/h6-7H,1-5H2,(H,11,14)(H,12,17)(H,15,16)/t6?,7-/m0/s1. The Balaban J connectivity index is 1.91. The lowest BCUT2D eigenvalue weighted by Gasteiger charge is -2.23. The Hall–Kier alpha value is -1.79. The number of carbonyl (C=O) groups is 3. The fourth-order valence-corrected chi connectivity index (χ4v) is 2.23. The average molecular weight is 241 g/mol. The summed E-state index contributed by atoms with van der Waals surface area (Å²) in [6.45, 7) is 0.868. The van der Waals surface area contributed by atoms with Crippen LogP contribution in [0.4, 0.5) is 4.79 Å². The zero-order chi connectivity index (χ0) is 12.4. The molecule has 2 atom stereocenters. The summed E-state index contributed by atoms with van der Waals surface area (Å²) in [5.74, 6) is -1.07. The molecule has 0 aromatic heterocycles. The number of urea groups is 1. The Bertz CT molecular complexity index is 357. The number of nitrogens with one attached hydrogen (secondary N) is 2. The molecule has 2 aliphatic rings. The number of hydrogen-bond donors (Lipinski definition) is 3. The second kappa shape index (κ2) is 4.60. The number of aliphatic carboxylic acids is 1. The van der Waals surface area contributed by atoms with E-state index in [2.05, 4.69) is 10.6 Å². The first-order chi connectivity index (χ1) is 8.08. The summed E-state index contributed by atoms with van der Waals surface area (Å²) in [7, 11) is 0. The molecule has 0 aromatic rings. The van der Waals surface area contributed by atoms with Crippen LogP contribution in [0.5, 0.6) is 0 Å². The molecule has 2 fully saturated rings.